The van der Waals surface area contributed by atoms with Gasteiger partial charge in [-0.25, -0.2) is 14.3 Å². The summed E-state index contributed by atoms with van der Waals surface area (Å²) in [5, 5.41) is 9.71. The van der Waals surface area contributed by atoms with Crippen LogP contribution in [0.5, 0.6) is 0 Å². The molecule has 0 spiro atoms. The summed E-state index contributed by atoms with van der Waals surface area (Å²) in [6, 6.07) is 8.38. The molecule has 11 heteroatoms. The molecule has 40 heavy (non-hydrogen) atoms. The molecular weight excluding hydrogens is 520 g/mol. The zero-order valence-electron chi connectivity index (χ0n) is 24.8. The predicted octanol–water partition coefficient (Wildman–Crippen LogP) is 5.71. The van der Waals surface area contributed by atoms with Gasteiger partial charge in [0.15, 0.2) is 25.3 Å². The van der Waals surface area contributed by atoms with E-state index in [0.29, 0.717) is 29.0 Å². The van der Waals surface area contributed by atoms with Crippen molar-refractivity contribution in [2.75, 3.05) is 30.8 Å². The minimum atomic E-state index is -1.79. The summed E-state index contributed by atoms with van der Waals surface area (Å²) in [6.07, 6.45) is 7.27. The second-order valence-corrected chi connectivity index (χ2v) is 17.5. The second-order valence-electron chi connectivity index (χ2n) is 12.7. The average molecular weight is 565 g/mol. The molecule has 3 heterocycles. The number of hydrogen-bond donors (Lipinski definition) is 3. The largest absolute Gasteiger partial charge is 0.413 e. The molecule has 1 aromatic carbocycles. The number of nitrogens with one attached hydrogen (secondary N) is 3. The Morgan fingerprint density at radius 1 is 1.15 bits per heavy atom. The third-order valence-corrected chi connectivity index (χ3v) is 13.1. The van der Waals surface area contributed by atoms with Gasteiger partial charge in [-0.3, -0.25) is 4.90 Å². The fourth-order valence-electron chi connectivity index (χ4n) is 5.06. The van der Waals surface area contributed by atoms with Crippen molar-refractivity contribution in [3.05, 3.63) is 36.2 Å². The van der Waals surface area contributed by atoms with Crippen molar-refractivity contribution in [3.8, 4) is 0 Å². The van der Waals surface area contributed by atoms with Crippen LogP contribution in [0.25, 0.3) is 11.2 Å². The highest BCUT2D eigenvalue weighted by Gasteiger charge is 2.39. The minimum Gasteiger partial charge on any atom is -0.413 e. The number of benzene rings is 1. The smallest absolute Gasteiger partial charge is 0.328 e. The Morgan fingerprint density at radius 2 is 1.95 bits per heavy atom. The number of imidazole rings is 1. The van der Waals surface area contributed by atoms with Crippen LogP contribution in [-0.4, -0.2) is 71.1 Å². The van der Waals surface area contributed by atoms with Crippen molar-refractivity contribution in [3.63, 3.8) is 0 Å². The Bertz CT molecular complexity index is 1350. The summed E-state index contributed by atoms with van der Waals surface area (Å²) in [5.41, 5.74) is 3.15. The Labute approximate surface area is 238 Å². The van der Waals surface area contributed by atoms with E-state index < -0.39 is 8.32 Å². The molecule has 3 aromatic rings. The van der Waals surface area contributed by atoms with Crippen molar-refractivity contribution in [2.24, 2.45) is 0 Å². The van der Waals surface area contributed by atoms with Crippen molar-refractivity contribution >= 4 is 43.0 Å². The SMILES string of the molecule is CNc1nc(Nc2cccc(CN3CCCC(O[Si](C)(C)C(C)(C)C)C3)c2)nc2c1ncn2C(=O)NC1CCC1. The fourth-order valence-corrected chi connectivity index (χ4v) is 6.44. The molecule has 2 fully saturated rings. The van der Waals surface area contributed by atoms with Gasteiger partial charge < -0.3 is 20.4 Å². The number of anilines is 3. The number of amides is 1. The number of carbonyl (C=O) groups is 1. The zero-order chi connectivity index (χ0) is 28.5. The standard InChI is InChI=1S/C29H44N8O2Si/c1-29(2,3)40(5,6)39-23-14-9-15-36(18-23)17-20-10-7-13-22(16-20)32-27-34-25(30-4)24-26(35-27)37(19-31-24)28(38)33-21-11-8-12-21/h7,10,13,16,19,21,23H,8-9,11-12,14-15,17-18H2,1-6H3,(H,33,38)(H2,30,32,34,35). The van der Waals surface area contributed by atoms with E-state index in [2.05, 4.69) is 87.9 Å². The molecule has 1 aliphatic carbocycles. The van der Waals surface area contributed by atoms with Gasteiger partial charge in [0.25, 0.3) is 0 Å². The summed E-state index contributed by atoms with van der Waals surface area (Å²) < 4.78 is 8.22. The zero-order valence-corrected chi connectivity index (χ0v) is 25.8. The Kier molecular flexibility index (Phi) is 8.17. The summed E-state index contributed by atoms with van der Waals surface area (Å²) >= 11 is 0. The van der Waals surface area contributed by atoms with Crippen LogP contribution in [0.3, 0.4) is 0 Å². The normalized spacial score (nSPS) is 18.9. The highest BCUT2D eigenvalue weighted by atomic mass is 28.4. The third kappa shape index (κ3) is 6.31. The lowest BCUT2D eigenvalue weighted by atomic mass is 9.93. The summed E-state index contributed by atoms with van der Waals surface area (Å²) in [6.45, 7) is 14.5. The third-order valence-electron chi connectivity index (χ3n) is 8.60. The first-order chi connectivity index (χ1) is 19.0. The first-order valence-corrected chi connectivity index (χ1v) is 17.4. The van der Waals surface area contributed by atoms with Gasteiger partial charge in [0, 0.05) is 31.9 Å². The first kappa shape index (κ1) is 28.5. The Hall–Kier alpha value is -3.02. The van der Waals surface area contributed by atoms with Gasteiger partial charge in [-0.2, -0.15) is 9.97 Å². The second kappa shape index (κ2) is 11.5. The number of carbonyl (C=O) groups excluding carboxylic acids is 1. The van der Waals surface area contributed by atoms with Gasteiger partial charge in [-0.1, -0.05) is 32.9 Å². The monoisotopic (exact) mass is 564 g/mol. The van der Waals surface area contributed by atoms with Crippen molar-refractivity contribution in [1.29, 1.82) is 0 Å². The van der Waals surface area contributed by atoms with Crippen LogP contribution in [0.1, 0.15) is 58.4 Å². The molecule has 5 rings (SSSR count). The van der Waals surface area contributed by atoms with Gasteiger partial charge in [0.2, 0.25) is 5.95 Å². The van der Waals surface area contributed by atoms with Gasteiger partial charge in [-0.15, -0.1) is 0 Å². The number of piperidine rings is 1. The number of fused-ring (bicyclic) bond motifs is 1. The lowest BCUT2D eigenvalue weighted by molar-refractivity contribution is 0.0741. The molecule has 3 N–H and O–H groups in total. The Balaban J connectivity index is 1.28. The average Bonchev–Trinajstić information content (AvgIpc) is 3.29. The van der Waals surface area contributed by atoms with Gasteiger partial charge in [-0.05, 0) is 74.5 Å². The van der Waals surface area contributed by atoms with Crippen LogP contribution in [0.2, 0.25) is 18.1 Å². The molecule has 1 atom stereocenters. The van der Waals surface area contributed by atoms with Crippen molar-refractivity contribution < 1.29 is 9.22 Å². The van der Waals surface area contributed by atoms with E-state index in [1.165, 1.54) is 16.5 Å². The van der Waals surface area contributed by atoms with E-state index in [1.54, 1.807) is 7.05 Å². The highest BCUT2D eigenvalue weighted by molar-refractivity contribution is 6.74. The van der Waals surface area contributed by atoms with E-state index in [-0.39, 0.29) is 17.1 Å². The van der Waals surface area contributed by atoms with E-state index in [1.807, 2.05) is 6.07 Å². The Morgan fingerprint density at radius 3 is 2.65 bits per heavy atom. The van der Waals surface area contributed by atoms with Gasteiger partial charge in [0.1, 0.15) is 6.33 Å². The number of hydrogen-bond acceptors (Lipinski definition) is 8. The number of nitrogens with zero attached hydrogens (tertiary/aromatic N) is 5. The molecule has 2 aromatic heterocycles. The molecule has 2 aliphatic rings. The molecule has 10 nitrogen and oxygen atoms in total. The quantitative estimate of drug-likeness (QED) is 0.299. The van der Waals surface area contributed by atoms with Crippen LogP contribution >= 0.6 is 0 Å². The lowest BCUT2D eigenvalue weighted by Gasteiger charge is -2.42. The minimum absolute atomic E-state index is 0.210. The molecule has 216 valence electrons. The molecule has 1 saturated heterocycles. The van der Waals surface area contributed by atoms with Crippen molar-refractivity contribution in [1.82, 2.24) is 29.7 Å². The van der Waals surface area contributed by atoms with Crippen LogP contribution in [0.15, 0.2) is 30.6 Å². The van der Waals surface area contributed by atoms with Crippen LogP contribution in [-0.2, 0) is 11.0 Å². The number of likely N-dealkylation sites (tertiary alicyclic amines) is 1. The topological polar surface area (TPSA) is 109 Å². The summed E-state index contributed by atoms with van der Waals surface area (Å²) in [5.74, 6) is 0.980. The summed E-state index contributed by atoms with van der Waals surface area (Å²) in [7, 11) is -0.00222. The maximum atomic E-state index is 12.9. The fraction of sp³-hybridized carbons (Fsp3) is 0.586. The molecule has 1 aliphatic heterocycles. The predicted molar refractivity (Wildman–Crippen MR) is 163 cm³/mol. The van der Waals surface area contributed by atoms with Crippen LogP contribution < -0.4 is 16.0 Å². The molecule has 1 amide bonds. The molecule has 0 radical (unpaired) electrons. The van der Waals surface area contributed by atoms with Gasteiger partial charge in [0.05, 0.1) is 6.10 Å². The summed E-state index contributed by atoms with van der Waals surface area (Å²) in [4.78, 5) is 29.1. The number of aromatic nitrogens is 4. The maximum Gasteiger partial charge on any atom is 0.328 e. The molecule has 0 bridgehead atoms. The van der Waals surface area contributed by atoms with E-state index in [0.717, 1.165) is 57.4 Å². The van der Waals surface area contributed by atoms with Crippen LogP contribution in [0.4, 0.5) is 22.2 Å². The number of rotatable bonds is 8. The van der Waals surface area contributed by atoms with E-state index in [9.17, 15) is 4.79 Å². The molecule has 1 unspecified atom stereocenters. The lowest BCUT2D eigenvalue weighted by Crippen LogP contribution is -2.48. The van der Waals surface area contributed by atoms with E-state index in [4.69, 9.17) is 4.43 Å². The van der Waals surface area contributed by atoms with E-state index >= 15 is 0 Å². The first-order valence-electron chi connectivity index (χ1n) is 14.5. The van der Waals surface area contributed by atoms with Crippen LogP contribution in [0, 0.1) is 0 Å². The van der Waals surface area contributed by atoms with Gasteiger partial charge >= 0.3 is 6.03 Å². The maximum absolute atomic E-state index is 12.9. The molecule has 1 saturated carbocycles. The molecular formula is C29H44N8O2Si. The highest BCUT2D eigenvalue weighted by Crippen LogP contribution is 2.38. The van der Waals surface area contributed by atoms with Crippen molar-refractivity contribution in [2.45, 2.75) is 89.7 Å².